The maximum atomic E-state index is 12.4. The minimum absolute atomic E-state index is 0.0190. The molecule has 3 rings (SSSR count). The molecule has 2 bridgehead atoms. The summed E-state index contributed by atoms with van der Waals surface area (Å²) in [5.74, 6) is -0.0190. The number of nitrogens with one attached hydrogen (secondary N) is 1. The fourth-order valence-corrected chi connectivity index (χ4v) is 3.76. The normalized spacial score (nSPS) is 35.8. The third kappa shape index (κ3) is 2.61. The molecule has 0 radical (unpaired) electrons. The summed E-state index contributed by atoms with van der Waals surface area (Å²) in [5.41, 5.74) is -1.23. The minimum atomic E-state index is -0.734. The number of nitrogens with zero attached hydrogens (tertiary/aromatic N) is 1. The Balaban J connectivity index is 1.75. The summed E-state index contributed by atoms with van der Waals surface area (Å²) in [6.07, 6.45) is 2.73. The van der Waals surface area contributed by atoms with Crippen LogP contribution in [-0.2, 0) is 14.3 Å². The molecule has 1 N–H and O–H groups in total. The van der Waals surface area contributed by atoms with E-state index in [1.165, 1.54) is 0 Å². The van der Waals surface area contributed by atoms with Gasteiger partial charge in [-0.25, -0.2) is 4.79 Å². The van der Waals surface area contributed by atoms with E-state index in [1.54, 1.807) is 0 Å². The molecule has 3 aliphatic heterocycles. The van der Waals surface area contributed by atoms with Crippen LogP contribution >= 0.6 is 0 Å². The standard InChI is InChI=1S/C15H24N2O4/c1-14(2,3)21-13(19)17-10-4-5-11(17)9-15(8-10)12(18)16-6-7-20-15/h10-11H,4-9H2,1-3H3,(H,16,18)/t10-,11+,15?. The summed E-state index contributed by atoms with van der Waals surface area (Å²) >= 11 is 0. The molecule has 0 aromatic carbocycles. The molecule has 3 heterocycles. The summed E-state index contributed by atoms with van der Waals surface area (Å²) in [6.45, 7) is 6.74. The minimum Gasteiger partial charge on any atom is -0.444 e. The van der Waals surface area contributed by atoms with Gasteiger partial charge in [0.2, 0.25) is 0 Å². The Morgan fingerprint density at radius 2 is 1.95 bits per heavy atom. The first-order chi connectivity index (χ1) is 9.81. The van der Waals surface area contributed by atoms with Crippen molar-refractivity contribution in [2.75, 3.05) is 13.2 Å². The average Bonchev–Trinajstić information content (AvgIpc) is 2.64. The van der Waals surface area contributed by atoms with E-state index in [0.717, 1.165) is 12.8 Å². The number of hydrogen-bond acceptors (Lipinski definition) is 4. The van der Waals surface area contributed by atoms with Gasteiger partial charge in [-0.2, -0.15) is 0 Å². The largest absolute Gasteiger partial charge is 0.444 e. The highest BCUT2D eigenvalue weighted by Gasteiger charge is 2.55. The van der Waals surface area contributed by atoms with E-state index in [1.807, 2.05) is 25.7 Å². The SMILES string of the molecule is CC(C)(C)OC(=O)N1[C@@H]2CC[C@H]1CC1(C2)OCCNC1=O. The van der Waals surface area contributed by atoms with Crippen LogP contribution in [0.2, 0.25) is 0 Å². The van der Waals surface area contributed by atoms with Crippen molar-refractivity contribution in [3.8, 4) is 0 Å². The molecule has 0 saturated carbocycles. The van der Waals surface area contributed by atoms with Gasteiger partial charge in [0.1, 0.15) is 5.60 Å². The molecule has 1 unspecified atom stereocenters. The summed E-state index contributed by atoms with van der Waals surface area (Å²) in [5, 5.41) is 2.90. The predicted octanol–water partition coefficient (Wildman–Crippen LogP) is 1.43. The third-order valence-electron chi connectivity index (χ3n) is 4.53. The first kappa shape index (κ1) is 14.6. The van der Waals surface area contributed by atoms with Gasteiger partial charge in [-0.15, -0.1) is 0 Å². The number of carbonyl (C=O) groups excluding carboxylic acids is 2. The number of morpholine rings is 1. The molecule has 6 nitrogen and oxygen atoms in total. The lowest BCUT2D eigenvalue weighted by molar-refractivity contribution is -0.166. The highest BCUT2D eigenvalue weighted by atomic mass is 16.6. The van der Waals surface area contributed by atoms with Crippen LogP contribution in [0.25, 0.3) is 0 Å². The quantitative estimate of drug-likeness (QED) is 0.734. The highest BCUT2D eigenvalue weighted by Crippen LogP contribution is 2.44. The van der Waals surface area contributed by atoms with Gasteiger partial charge < -0.3 is 19.7 Å². The Morgan fingerprint density at radius 3 is 2.48 bits per heavy atom. The van der Waals surface area contributed by atoms with Crippen LogP contribution < -0.4 is 5.32 Å². The van der Waals surface area contributed by atoms with Gasteiger partial charge >= 0.3 is 6.09 Å². The first-order valence-corrected chi connectivity index (χ1v) is 7.74. The van der Waals surface area contributed by atoms with E-state index in [-0.39, 0.29) is 24.1 Å². The van der Waals surface area contributed by atoms with E-state index < -0.39 is 11.2 Å². The van der Waals surface area contributed by atoms with Crippen LogP contribution in [0.15, 0.2) is 0 Å². The molecule has 3 atom stereocenters. The third-order valence-corrected chi connectivity index (χ3v) is 4.53. The van der Waals surface area contributed by atoms with Crippen LogP contribution in [0.5, 0.6) is 0 Å². The summed E-state index contributed by atoms with van der Waals surface area (Å²) in [7, 11) is 0. The number of piperidine rings is 1. The lowest BCUT2D eigenvalue weighted by atomic mass is 9.84. The fraction of sp³-hybridized carbons (Fsp3) is 0.867. The number of carbonyl (C=O) groups is 2. The molecule has 6 heteroatoms. The fourth-order valence-electron chi connectivity index (χ4n) is 3.76. The molecule has 21 heavy (non-hydrogen) atoms. The van der Waals surface area contributed by atoms with Crippen molar-refractivity contribution in [2.24, 2.45) is 0 Å². The molecule has 3 saturated heterocycles. The van der Waals surface area contributed by atoms with Crippen molar-refractivity contribution in [1.82, 2.24) is 10.2 Å². The van der Waals surface area contributed by atoms with Crippen LogP contribution in [0.3, 0.4) is 0 Å². The van der Waals surface area contributed by atoms with Gasteiger partial charge in [0.15, 0.2) is 5.60 Å². The Morgan fingerprint density at radius 1 is 1.33 bits per heavy atom. The summed E-state index contributed by atoms with van der Waals surface area (Å²) < 4.78 is 11.3. The molecule has 0 aromatic heterocycles. The van der Waals surface area contributed by atoms with Crippen LogP contribution in [0, 0.1) is 0 Å². The van der Waals surface area contributed by atoms with Gasteiger partial charge in [-0.1, -0.05) is 0 Å². The maximum absolute atomic E-state index is 12.4. The van der Waals surface area contributed by atoms with Gasteiger partial charge in [0.05, 0.1) is 6.61 Å². The lowest BCUT2D eigenvalue weighted by Gasteiger charge is -2.46. The summed E-state index contributed by atoms with van der Waals surface area (Å²) in [6, 6.07) is 0.0879. The molecule has 0 aliphatic carbocycles. The molecule has 3 aliphatic rings. The first-order valence-electron chi connectivity index (χ1n) is 7.74. The van der Waals surface area contributed by atoms with Gasteiger partial charge in [-0.3, -0.25) is 4.79 Å². The summed E-state index contributed by atoms with van der Waals surface area (Å²) in [4.78, 5) is 26.4. The number of ether oxygens (including phenoxy) is 2. The maximum Gasteiger partial charge on any atom is 0.410 e. The van der Waals surface area contributed by atoms with E-state index in [9.17, 15) is 9.59 Å². The van der Waals surface area contributed by atoms with Gasteiger partial charge in [-0.05, 0) is 33.6 Å². The molecule has 1 spiro atoms. The monoisotopic (exact) mass is 296 g/mol. The zero-order chi connectivity index (χ0) is 15.3. The highest BCUT2D eigenvalue weighted by molar-refractivity contribution is 5.86. The van der Waals surface area contributed by atoms with Crippen LogP contribution in [0.1, 0.15) is 46.5 Å². The Hall–Kier alpha value is -1.30. The number of hydrogen-bond donors (Lipinski definition) is 1. The zero-order valence-electron chi connectivity index (χ0n) is 13.0. The Kier molecular flexibility index (Phi) is 3.39. The van der Waals surface area contributed by atoms with E-state index in [2.05, 4.69) is 5.32 Å². The molecular weight excluding hydrogens is 272 g/mol. The molecule has 0 aromatic rings. The van der Waals surface area contributed by atoms with Crippen molar-refractivity contribution in [2.45, 2.75) is 69.7 Å². The lowest BCUT2D eigenvalue weighted by Crippen LogP contribution is -2.63. The van der Waals surface area contributed by atoms with Crippen molar-refractivity contribution in [3.63, 3.8) is 0 Å². The van der Waals surface area contributed by atoms with Gasteiger partial charge in [0.25, 0.3) is 5.91 Å². The van der Waals surface area contributed by atoms with Crippen molar-refractivity contribution in [3.05, 3.63) is 0 Å². The molecule has 2 amide bonds. The van der Waals surface area contributed by atoms with Crippen molar-refractivity contribution >= 4 is 12.0 Å². The van der Waals surface area contributed by atoms with Gasteiger partial charge in [0, 0.05) is 31.5 Å². The number of fused-ring (bicyclic) bond motifs is 2. The van der Waals surface area contributed by atoms with E-state index >= 15 is 0 Å². The molecule has 118 valence electrons. The predicted molar refractivity (Wildman–Crippen MR) is 75.8 cm³/mol. The average molecular weight is 296 g/mol. The second-order valence-electron chi connectivity index (χ2n) is 7.28. The van der Waals surface area contributed by atoms with E-state index in [0.29, 0.717) is 26.0 Å². The number of rotatable bonds is 0. The van der Waals surface area contributed by atoms with Crippen molar-refractivity contribution < 1.29 is 19.1 Å². The van der Waals surface area contributed by atoms with E-state index in [4.69, 9.17) is 9.47 Å². The second kappa shape index (κ2) is 4.87. The number of amides is 2. The van der Waals surface area contributed by atoms with Crippen LogP contribution in [0.4, 0.5) is 4.79 Å². The topological polar surface area (TPSA) is 67.9 Å². The van der Waals surface area contributed by atoms with Crippen molar-refractivity contribution in [1.29, 1.82) is 0 Å². The smallest absolute Gasteiger partial charge is 0.410 e. The molecular formula is C15H24N2O4. The second-order valence-corrected chi connectivity index (χ2v) is 7.28. The Labute approximate surface area is 125 Å². The van der Waals surface area contributed by atoms with Crippen LogP contribution in [-0.4, -0.2) is 53.3 Å². The molecule has 3 fully saturated rings. The zero-order valence-corrected chi connectivity index (χ0v) is 13.0. The Bertz CT molecular complexity index is 443.